The van der Waals surface area contributed by atoms with Gasteiger partial charge in [-0.2, -0.15) is 0 Å². The Hall–Kier alpha value is -1.63. The van der Waals surface area contributed by atoms with Crippen LogP contribution in [0.4, 0.5) is 4.39 Å². The first-order valence-electron chi connectivity index (χ1n) is 8.52. The van der Waals surface area contributed by atoms with Crippen molar-refractivity contribution in [2.24, 2.45) is 0 Å². The summed E-state index contributed by atoms with van der Waals surface area (Å²) in [5, 5.41) is 7.54. The highest BCUT2D eigenvalue weighted by Crippen LogP contribution is 2.36. The molecule has 2 bridgehead atoms. The Bertz CT molecular complexity index is 793. The van der Waals surface area contributed by atoms with E-state index in [-0.39, 0.29) is 46.7 Å². The average Bonchev–Trinajstić information content (AvgIpc) is 3.05. The minimum atomic E-state index is -0.518. The number of rotatable bonds is 2. The van der Waals surface area contributed by atoms with Crippen LogP contribution >= 0.6 is 24.0 Å². The highest BCUT2D eigenvalue weighted by atomic mass is 35.5. The van der Waals surface area contributed by atoms with E-state index in [9.17, 15) is 9.18 Å². The van der Waals surface area contributed by atoms with Crippen molar-refractivity contribution in [1.82, 2.24) is 15.4 Å². The van der Waals surface area contributed by atoms with E-state index in [2.05, 4.69) is 10.5 Å². The predicted molar refractivity (Wildman–Crippen MR) is 99.4 cm³/mol. The molecule has 2 aromatic rings. The molecule has 2 saturated heterocycles. The number of hydrogen-bond donors (Lipinski definition) is 1. The Balaban J connectivity index is 0.00000196. The molecular formula is C18H20Cl2FN3O2. The topological polar surface area (TPSA) is 58.4 Å². The van der Waals surface area contributed by atoms with Crippen LogP contribution in [-0.2, 0) is 0 Å². The fraction of sp³-hybridized carbons (Fsp3) is 0.444. The summed E-state index contributed by atoms with van der Waals surface area (Å²) < 4.78 is 19.6. The van der Waals surface area contributed by atoms with E-state index >= 15 is 0 Å². The molecule has 5 nitrogen and oxygen atoms in total. The van der Waals surface area contributed by atoms with E-state index in [1.165, 1.54) is 12.1 Å². The number of carbonyl (C=O) groups is 1. The molecule has 2 atom stereocenters. The molecule has 2 aliphatic heterocycles. The fourth-order valence-corrected chi connectivity index (χ4v) is 4.21. The zero-order valence-electron chi connectivity index (χ0n) is 14.3. The zero-order valence-corrected chi connectivity index (χ0v) is 15.9. The Kier molecular flexibility index (Phi) is 5.55. The first-order chi connectivity index (χ1) is 12.1. The van der Waals surface area contributed by atoms with Crippen LogP contribution in [0.15, 0.2) is 22.7 Å². The van der Waals surface area contributed by atoms with Gasteiger partial charge in [-0.15, -0.1) is 12.4 Å². The van der Waals surface area contributed by atoms with Gasteiger partial charge in [0.15, 0.2) is 0 Å². The molecule has 8 heteroatoms. The first kappa shape index (κ1) is 19.1. The number of fused-ring (bicyclic) bond motifs is 2. The van der Waals surface area contributed by atoms with Gasteiger partial charge < -0.3 is 14.7 Å². The summed E-state index contributed by atoms with van der Waals surface area (Å²) in [7, 11) is 0. The minimum absolute atomic E-state index is 0. The van der Waals surface area contributed by atoms with E-state index in [0.29, 0.717) is 11.3 Å². The van der Waals surface area contributed by atoms with Crippen molar-refractivity contribution < 1.29 is 13.7 Å². The molecule has 2 unspecified atom stereocenters. The van der Waals surface area contributed by atoms with Crippen LogP contribution in [0, 0.1) is 12.7 Å². The summed E-state index contributed by atoms with van der Waals surface area (Å²) in [4.78, 5) is 15.3. The van der Waals surface area contributed by atoms with Crippen molar-refractivity contribution in [2.45, 2.75) is 38.3 Å². The molecule has 140 valence electrons. The zero-order chi connectivity index (χ0) is 17.6. The molecule has 3 heterocycles. The Morgan fingerprint density at radius 3 is 2.88 bits per heavy atom. The van der Waals surface area contributed by atoms with Crippen LogP contribution in [0.3, 0.4) is 0 Å². The summed E-state index contributed by atoms with van der Waals surface area (Å²) in [6.07, 6.45) is 2.89. The van der Waals surface area contributed by atoms with Crippen molar-refractivity contribution in [3.8, 4) is 11.3 Å². The number of benzene rings is 1. The summed E-state index contributed by atoms with van der Waals surface area (Å²) in [5.74, 6) is -0.282. The van der Waals surface area contributed by atoms with E-state index in [1.54, 1.807) is 13.0 Å². The SMILES string of the molecule is Cc1onc(-c2c(F)cccc2Cl)c1C(=O)N1C2CCNCC1CC2.Cl. The van der Waals surface area contributed by atoms with Gasteiger partial charge in [0.05, 0.1) is 10.6 Å². The van der Waals surface area contributed by atoms with E-state index in [1.807, 2.05) is 4.90 Å². The van der Waals surface area contributed by atoms with Crippen molar-refractivity contribution in [3.63, 3.8) is 0 Å². The third kappa shape index (κ3) is 3.10. The van der Waals surface area contributed by atoms with Gasteiger partial charge in [0.1, 0.15) is 22.8 Å². The molecule has 1 aromatic heterocycles. The number of aromatic nitrogens is 1. The average molecular weight is 400 g/mol. The summed E-state index contributed by atoms with van der Waals surface area (Å²) in [6, 6.07) is 4.76. The number of amides is 1. The van der Waals surface area contributed by atoms with Crippen molar-refractivity contribution in [2.75, 3.05) is 13.1 Å². The lowest BCUT2D eigenvalue weighted by molar-refractivity contribution is 0.0679. The Morgan fingerprint density at radius 2 is 2.12 bits per heavy atom. The monoisotopic (exact) mass is 399 g/mol. The molecule has 0 spiro atoms. The lowest BCUT2D eigenvalue weighted by Gasteiger charge is -2.28. The van der Waals surface area contributed by atoms with Crippen LogP contribution < -0.4 is 5.32 Å². The number of aryl methyl sites for hydroxylation is 1. The van der Waals surface area contributed by atoms with Crippen LogP contribution in [0.2, 0.25) is 5.02 Å². The lowest BCUT2D eigenvalue weighted by atomic mass is 10.0. The van der Waals surface area contributed by atoms with Gasteiger partial charge in [0.2, 0.25) is 0 Å². The smallest absolute Gasteiger partial charge is 0.260 e. The molecular weight excluding hydrogens is 380 g/mol. The number of nitrogens with one attached hydrogen (secondary N) is 1. The number of hydrogen-bond acceptors (Lipinski definition) is 4. The third-order valence-electron chi connectivity index (χ3n) is 5.16. The number of nitrogens with zero attached hydrogens (tertiary/aromatic N) is 2. The van der Waals surface area contributed by atoms with Gasteiger partial charge in [-0.05, 0) is 44.9 Å². The quantitative estimate of drug-likeness (QED) is 0.833. The maximum Gasteiger partial charge on any atom is 0.260 e. The molecule has 2 aliphatic rings. The van der Waals surface area contributed by atoms with E-state index < -0.39 is 5.82 Å². The minimum Gasteiger partial charge on any atom is -0.360 e. The summed E-state index contributed by atoms with van der Waals surface area (Å²) in [6.45, 7) is 3.36. The number of halogens is 3. The molecule has 2 fully saturated rings. The lowest BCUT2D eigenvalue weighted by Crippen LogP contribution is -2.42. The highest BCUT2D eigenvalue weighted by Gasteiger charge is 2.40. The molecule has 1 aromatic carbocycles. The summed E-state index contributed by atoms with van der Waals surface area (Å²) >= 11 is 6.17. The van der Waals surface area contributed by atoms with E-state index in [4.69, 9.17) is 16.1 Å². The largest absolute Gasteiger partial charge is 0.360 e. The van der Waals surface area contributed by atoms with Gasteiger partial charge in [-0.1, -0.05) is 22.8 Å². The first-order valence-corrected chi connectivity index (χ1v) is 8.89. The number of carbonyl (C=O) groups excluding carboxylic acids is 1. The normalized spacial score (nSPS) is 22.0. The van der Waals surface area contributed by atoms with Crippen LogP contribution in [0.25, 0.3) is 11.3 Å². The maximum atomic E-state index is 14.4. The molecule has 0 radical (unpaired) electrons. The second-order valence-corrected chi connectivity index (χ2v) is 7.06. The fourth-order valence-electron chi connectivity index (χ4n) is 3.96. The summed E-state index contributed by atoms with van der Waals surface area (Å²) in [5.41, 5.74) is 0.609. The Morgan fingerprint density at radius 1 is 1.35 bits per heavy atom. The molecule has 0 aliphatic carbocycles. The van der Waals surface area contributed by atoms with Crippen molar-refractivity contribution in [3.05, 3.63) is 40.4 Å². The van der Waals surface area contributed by atoms with Gasteiger partial charge in [-0.3, -0.25) is 4.79 Å². The van der Waals surface area contributed by atoms with E-state index in [0.717, 1.165) is 32.4 Å². The maximum absolute atomic E-state index is 14.4. The Labute approximate surface area is 162 Å². The van der Waals surface area contributed by atoms with Crippen molar-refractivity contribution >= 4 is 29.9 Å². The van der Waals surface area contributed by atoms with Crippen LogP contribution in [0.1, 0.15) is 35.4 Å². The molecule has 4 rings (SSSR count). The second kappa shape index (κ2) is 7.55. The third-order valence-corrected chi connectivity index (χ3v) is 5.48. The van der Waals surface area contributed by atoms with Gasteiger partial charge in [0, 0.05) is 18.6 Å². The van der Waals surface area contributed by atoms with Gasteiger partial charge in [0.25, 0.3) is 5.91 Å². The molecule has 1 N–H and O–H groups in total. The molecule has 0 saturated carbocycles. The van der Waals surface area contributed by atoms with Gasteiger partial charge >= 0.3 is 0 Å². The van der Waals surface area contributed by atoms with Gasteiger partial charge in [-0.25, -0.2) is 4.39 Å². The standard InChI is InChI=1S/C18H19ClFN3O2.ClH/c1-10-15(17(22-25-10)16-13(19)3-2-4-14(16)20)18(24)23-11-5-6-12(23)9-21-8-7-11;/h2-4,11-12,21H,5-9H2,1H3;1H. The van der Waals surface area contributed by atoms with Crippen LogP contribution in [-0.4, -0.2) is 41.1 Å². The molecule has 26 heavy (non-hydrogen) atoms. The van der Waals surface area contributed by atoms with Crippen LogP contribution in [0.5, 0.6) is 0 Å². The van der Waals surface area contributed by atoms with Crippen molar-refractivity contribution in [1.29, 1.82) is 0 Å². The highest BCUT2D eigenvalue weighted by molar-refractivity contribution is 6.33. The second-order valence-electron chi connectivity index (χ2n) is 6.65. The molecule has 1 amide bonds. The predicted octanol–water partition coefficient (Wildman–Crippen LogP) is 3.83.